The highest BCUT2D eigenvalue weighted by atomic mass is 32.1. The van der Waals surface area contributed by atoms with E-state index < -0.39 is 12.8 Å². The lowest BCUT2D eigenvalue weighted by molar-refractivity contribution is -0.153. The summed E-state index contributed by atoms with van der Waals surface area (Å²) in [5, 5.41) is 3.40. The van der Waals surface area contributed by atoms with Crippen molar-refractivity contribution in [1.29, 1.82) is 0 Å². The van der Waals surface area contributed by atoms with Crippen LogP contribution in [0.3, 0.4) is 0 Å². The van der Waals surface area contributed by atoms with Crippen molar-refractivity contribution in [2.24, 2.45) is 0 Å². The van der Waals surface area contributed by atoms with Gasteiger partial charge in [-0.05, 0) is 31.2 Å². The molecule has 21 heavy (non-hydrogen) atoms. The van der Waals surface area contributed by atoms with Crippen molar-refractivity contribution in [3.8, 4) is 5.75 Å². The zero-order valence-corrected chi connectivity index (χ0v) is 11.7. The Bertz CT molecular complexity index is 623. The summed E-state index contributed by atoms with van der Waals surface area (Å²) in [7, 11) is 0. The fourth-order valence-electron chi connectivity index (χ4n) is 1.46. The maximum absolute atomic E-state index is 12.0. The maximum Gasteiger partial charge on any atom is 0.422 e. The number of anilines is 1. The van der Waals surface area contributed by atoms with E-state index in [1.807, 2.05) is 0 Å². The Morgan fingerprint density at radius 3 is 2.52 bits per heavy atom. The zero-order valence-electron chi connectivity index (χ0n) is 10.9. The van der Waals surface area contributed by atoms with Gasteiger partial charge in [0, 0.05) is 5.69 Å². The lowest BCUT2D eigenvalue weighted by Gasteiger charge is -2.09. The molecule has 1 N–H and O–H groups in total. The predicted molar refractivity (Wildman–Crippen MR) is 72.8 cm³/mol. The van der Waals surface area contributed by atoms with Crippen LogP contribution in [0.2, 0.25) is 0 Å². The SMILES string of the molecule is Cc1ncc(C(=O)Nc2ccc(OCC(F)(F)F)cc2)s1. The molecule has 1 heterocycles. The molecule has 2 rings (SSSR count). The highest BCUT2D eigenvalue weighted by Gasteiger charge is 2.28. The number of carbonyl (C=O) groups excluding carboxylic acids is 1. The van der Waals surface area contributed by atoms with Gasteiger partial charge in [-0.2, -0.15) is 13.2 Å². The van der Waals surface area contributed by atoms with E-state index in [0.29, 0.717) is 10.6 Å². The van der Waals surface area contributed by atoms with E-state index in [9.17, 15) is 18.0 Å². The van der Waals surface area contributed by atoms with E-state index in [-0.39, 0.29) is 11.7 Å². The van der Waals surface area contributed by atoms with Gasteiger partial charge in [0.15, 0.2) is 6.61 Å². The molecule has 0 spiro atoms. The van der Waals surface area contributed by atoms with E-state index in [2.05, 4.69) is 15.0 Å². The van der Waals surface area contributed by atoms with Gasteiger partial charge in [-0.3, -0.25) is 4.79 Å². The van der Waals surface area contributed by atoms with Crippen molar-refractivity contribution in [3.63, 3.8) is 0 Å². The Labute approximate surface area is 122 Å². The number of hydrogen-bond donors (Lipinski definition) is 1. The van der Waals surface area contributed by atoms with Crippen LogP contribution >= 0.6 is 11.3 Å². The molecular weight excluding hydrogens is 305 g/mol. The van der Waals surface area contributed by atoms with Crippen molar-refractivity contribution in [1.82, 2.24) is 4.98 Å². The number of nitrogens with one attached hydrogen (secondary N) is 1. The van der Waals surface area contributed by atoms with E-state index in [4.69, 9.17) is 0 Å². The molecule has 1 aromatic heterocycles. The van der Waals surface area contributed by atoms with Gasteiger partial charge in [0.2, 0.25) is 0 Å². The zero-order chi connectivity index (χ0) is 15.5. The monoisotopic (exact) mass is 316 g/mol. The Morgan fingerprint density at radius 2 is 2.00 bits per heavy atom. The molecule has 1 amide bonds. The first-order valence-electron chi connectivity index (χ1n) is 5.87. The maximum atomic E-state index is 12.0. The highest BCUT2D eigenvalue weighted by Crippen LogP contribution is 2.21. The van der Waals surface area contributed by atoms with E-state index in [0.717, 1.165) is 5.01 Å². The van der Waals surface area contributed by atoms with Crippen LogP contribution in [0.1, 0.15) is 14.7 Å². The summed E-state index contributed by atoms with van der Waals surface area (Å²) in [6.07, 6.45) is -2.91. The Balaban J connectivity index is 1.94. The lowest BCUT2D eigenvalue weighted by atomic mass is 10.3. The van der Waals surface area contributed by atoms with Crippen LogP contribution < -0.4 is 10.1 Å². The van der Waals surface area contributed by atoms with Gasteiger partial charge < -0.3 is 10.1 Å². The van der Waals surface area contributed by atoms with Crippen LogP contribution in [0.5, 0.6) is 5.75 Å². The van der Waals surface area contributed by atoms with Gasteiger partial charge in [0.05, 0.1) is 11.2 Å². The van der Waals surface area contributed by atoms with Crippen molar-refractivity contribution >= 4 is 22.9 Å². The number of aryl methyl sites for hydroxylation is 1. The number of nitrogens with zero attached hydrogens (tertiary/aromatic N) is 1. The number of rotatable bonds is 4. The van der Waals surface area contributed by atoms with Crippen molar-refractivity contribution in [2.45, 2.75) is 13.1 Å². The van der Waals surface area contributed by atoms with Crippen LogP contribution in [-0.4, -0.2) is 23.7 Å². The van der Waals surface area contributed by atoms with Crippen LogP contribution in [0.15, 0.2) is 30.5 Å². The van der Waals surface area contributed by atoms with Gasteiger partial charge in [0.25, 0.3) is 5.91 Å². The first-order chi connectivity index (χ1) is 9.83. The first-order valence-corrected chi connectivity index (χ1v) is 6.68. The Morgan fingerprint density at radius 1 is 1.33 bits per heavy atom. The van der Waals surface area contributed by atoms with E-state index in [1.54, 1.807) is 6.92 Å². The number of aromatic nitrogens is 1. The van der Waals surface area contributed by atoms with Gasteiger partial charge in [0.1, 0.15) is 10.6 Å². The third-order valence-corrected chi connectivity index (χ3v) is 3.27. The summed E-state index contributed by atoms with van der Waals surface area (Å²) >= 11 is 1.26. The van der Waals surface area contributed by atoms with Gasteiger partial charge in [-0.15, -0.1) is 11.3 Å². The minimum absolute atomic E-state index is 0.0824. The van der Waals surface area contributed by atoms with Crippen LogP contribution in [0, 0.1) is 6.92 Å². The second-order valence-corrected chi connectivity index (χ2v) is 5.36. The molecular formula is C13H11F3N2O2S. The number of carbonyl (C=O) groups is 1. The van der Waals surface area contributed by atoms with E-state index in [1.165, 1.54) is 41.8 Å². The van der Waals surface area contributed by atoms with Crippen LogP contribution in [0.25, 0.3) is 0 Å². The summed E-state index contributed by atoms with van der Waals surface area (Å²) in [4.78, 5) is 16.3. The topological polar surface area (TPSA) is 51.2 Å². The Hall–Kier alpha value is -2.09. The second-order valence-electron chi connectivity index (χ2n) is 4.13. The number of hydrogen-bond acceptors (Lipinski definition) is 4. The van der Waals surface area contributed by atoms with Crippen LogP contribution in [-0.2, 0) is 0 Å². The standard InChI is InChI=1S/C13H11F3N2O2S/c1-8-17-6-11(21-8)12(19)18-9-2-4-10(5-3-9)20-7-13(14,15)16/h2-6H,7H2,1H3,(H,18,19). The third-order valence-electron chi connectivity index (χ3n) is 2.36. The molecule has 0 unspecified atom stereocenters. The average Bonchev–Trinajstić information content (AvgIpc) is 2.84. The fraction of sp³-hybridized carbons (Fsp3) is 0.231. The smallest absolute Gasteiger partial charge is 0.422 e. The molecule has 8 heteroatoms. The molecule has 0 aliphatic heterocycles. The summed E-state index contributed by atoms with van der Waals surface area (Å²) in [5.74, 6) is -0.233. The largest absolute Gasteiger partial charge is 0.484 e. The van der Waals surface area contributed by atoms with Gasteiger partial charge in [-0.1, -0.05) is 0 Å². The third kappa shape index (κ3) is 4.75. The summed E-state index contributed by atoms with van der Waals surface area (Å²) in [5.41, 5.74) is 0.463. The van der Waals surface area contributed by atoms with Crippen molar-refractivity contribution < 1.29 is 22.7 Å². The summed E-state index contributed by atoms with van der Waals surface area (Å²) < 4.78 is 40.6. The summed E-state index contributed by atoms with van der Waals surface area (Å²) in [6, 6.07) is 5.66. The molecule has 0 aliphatic carbocycles. The van der Waals surface area contributed by atoms with Crippen LogP contribution in [0.4, 0.5) is 18.9 Å². The Kier molecular flexibility index (Phi) is 4.46. The molecule has 0 bridgehead atoms. The fourth-order valence-corrected chi connectivity index (χ4v) is 2.13. The molecule has 0 fully saturated rings. The molecule has 1 aromatic carbocycles. The van der Waals surface area contributed by atoms with Crippen molar-refractivity contribution in [3.05, 3.63) is 40.3 Å². The second kappa shape index (κ2) is 6.13. The molecule has 0 aliphatic rings. The normalized spacial score (nSPS) is 11.2. The molecule has 0 saturated carbocycles. The minimum Gasteiger partial charge on any atom is -0.484 e. The van der Waals surface area contributed by atoms with Gasteiger partial charge >= 0.3 is 6.18 Å². The summed E-state index contributed by atoms with van der Waals surface area (Å²) in [6.45, 7) is 0.438. The number of amides is 1. The number of thiazole rings is 1. The molecule has 4 nitrogen and oxygen atoms in total. The number of benzene rings is 1. The molecule has 0 atom stereocenters. The first kappa shape index (κ1) is 15.3. The number of alkyl halides is 3. The number of halogens is 3. The minimum atomic E-state index is -4.38. The molecule has 0 radical (unpaired) electrons. The average molecular weight is 316 g/mol. The predicted octanol–water partition coefficient (Wildman–Crippen LogP) is 3.64. The molecule has 0 saturated heterocycles. The quantitative estimate of drug-likeness (QED) is 0.937. The molecule has 112 valence electrons. The lowest BCUT2D eigenvalue weighted by Crippen LogP contribution is -2.19. The van der Waals surface area contributed by atoms with Crippen molar-refractivity contribution in [2.75, 3.05) is 11.9 Å². The van der Waals surface area contributed by atoms with Gasteiger partial charge in [-0.25, -0.2) is 4.98 Å². The number of ether oxygens (including phenoxy) is 1. The van der Waals surface area contributed by atoms with E-state index >= 15 is 0 Å². The molecule has 2 aromatic rings. The highest BCUT2D eigenvalue weighted by molar-refractivity contribution is 7.13.